The number of hydrogen-bond donors (Lipinski definition) is 1. The summed E-state index contributed by atoms with van der Waals surface area (Å²) in [6.07, 6.45) is 0. The molecule has 0 aliphatic carbocycles. The van der Waals surface area contributed by atoms with E-state index in [-0.39, 0.29) is 11.6 Å². The second-order valence-electron chi connectivity index (χ2n) is 3.57. The summed E-state index contributed by atoms with van der Waals surface area (Å²) in [4.78, 5) is 21.9. The van der Waals surface area contributed by atoms with Crippen molar-refractivity contribution in [3.8, 4) is 0 Å². The zero-order chi connectivity index (χ0) is 11.3. The van der Waals surface area contributed by atoms with Crippen molar-refractivity contribution in [3.05, 3.63) is 46.0 Å². The van der Waals surface area contributed by atoms with Gasteiger partial charge in [-0.25, -0.2) is 0 Å². The first-order valence-corrected chi connectivity index (χ1v) is 4.70. The molecule has 1 amide bonds. The smallest absolute Gasteiger partial charge is 0.277 e. The normalized spacial score (nSPS) is 12.9. The van der Waals surface area contributed by atoms with Crippen molar-refractivity contribution in [3.63, 3.8) is 0 Å². The van der Waals surface area contributed by atoms with Gasteiger partial charge in [-0.3, -0.25) is 14.9 Å². The Bertz CT molecular complexity index is 649. The van der Waals surface area contributed by atoms with Crippen molar-refractivity contribution in [1.82, 2.24) is 0 Å². The Hall–Kier alpha value is -2.43. The van der Waals surface area contributed by atoms with Crippen molar-refractivity contribution < 1.29 is 9.72 Å². The minimum atomic E-state index is -0.439. The summed E-state index contributed by atoms with van der Waals surface area (Å²) in [5.74, 6) is -0.207. The Labute approximate surface area is 89.8 Å². The number of carbonyl (C=O) groups excluding carboxylic acids is 1. The standard InChI is InChI=1S/C11H6N2O3/c14-11-7-4-5-9(13(15)16)6-2-1-3-8(12-11)10(6)7/h1-5H,(H,12,14). The molecule has 2 aromatic carbocycles. The molecule has 16 heavy (non-hydrogen) atoms. The van der Waals surface area contributed by atoms with Crippen LogP contribution in [0, 0.1) is 10.1 Å². The predicted molar refractivity (Wildman–Crippen MR) is 58.6 cm³/mol. The number of nitro groups is 1. The van der Waals surface area contributed by atoms with Crippen LogP contribution in [0.5, 0.6) is 0 Å². The summed E-state index contributed by atoms with van der Waals surface area (Å²) in [7, 11) is 0. The van der Waals surface area contributed by atoms with Crippen LogP contribution in [0.2, 0.25) is 0 Å². The molecule has 0 atom stereocenters. The fraction of sp³-hybridized carbons (Fsp3) is 0. The number of nitrogens with one attached hydrogen (secondary N) is 1. The molecule has 0 saturated carbocycles. The number of anilines is 1. The average molecular weight is 214 g/mol. The molecule has 1 aliphatic rings. The summed E-state index contributed by atoms with van der Waals surface area (Å²) in [6, 6.07) is 7.94. The van der Waals surface area contributed by atoms with Gasteiger partial charge in [0.05, 0.1) is 15.9 Å². The van der Waals surface area contributed by atoms with Crippen LogP contribution in [0.25, 0.3) is 10.8 Å². The topological polar surface area (TPSA) is 72.2 Å². The summed E-state index contributed by atoms with van der Waals surface area (Å²) < 4.78 is 0. The van der Waals surface area contributed by atoms with Crippen molar-refractivity contribution >= 4 is 28.1 Å². The predicted octanol–water partition coefficient (Wildman–Crippen LogP) is 2.31. The molecule has 0 bridgehead atoms. The first kappa shape index (κ1) is 8.84. The summed E-state index contributed by atoms with van der Waals surface area (Å²) in [6.45, 7) is 0. The maximum atomic E-state index is 11.5. The van der Waals surface area contributed by atoms with Crippen LogP contribution >= 0.6 is 0 Å². The maximum absolute atomic E-state index is 11.5. The Kier molecular flexibility index (Phi) is 1.54. The van der Waals surface area contributed by atoms with Crippen LogP contribution < -0.4 is 5.32 Å². The van der Waals surface area contributed by atoms with Crippen LogP contribution in [0.1, 0.15) is 10.4 Å². The van der Waals surface area contributed by atoms with Crippen molar-refractivity contribution in [2.75, 3.05) is 5.32 Å². The third-order valence-electron chi connectivity index (χ3n) is 2.71. The van der Waals surface area contributed by atoms with E-state index in [0.29, 0.717) is 22.0 Å². The van der Waals surface area contributed by atoms with Crippen LogP contribution in [0.3, 0.4) is 0 Å². The second-order valence-corrected chi connectivity index (χ2v) is 3.57. The number of amides is 1. The van der Waals surface area contributed by atoms with Gasteiger partial charge >= 0.3 is 0 Å². The Morgan fingerprint density at radius 2 is 2.00 bits per heavy atom. The molecule has 2 aromatic rings. The number of hydrogen-bond acceptors (Lipinski definition) is 3. The minimum absolute atomic E-state index is 0.0251. The van der Waals surface area contributed by atoms with Gasteiger partial charge in [-0.2, -0.15) is 0 Å². The fourth-order valence-electron chi connectivity index (χ4n) is 2.03. The largest absolute Gasteiger partial charge is 0.321 e. The maximum Gasteiger partial charge on any atom is 0.277 e. The molecule has 78 valence electrons. The zero-order valence-electron chi connectivity index (χ0n) is 8.06. The molecule has 1 aliphatic heterocycles. The Morgan fingerprint density at radius 3 is 2.75 bits per heavy atom. The van der Waals surface area contributed by atoms with E-state index in [1.807, 2.05) is 0 Å². The van der Waals surface area contributed by atoms with E-state index < -0.39 is 4.92 Å². The third-order valence-corrected chi connectivity index (χ3v) is 2.71. The van der Waals surface area contributed by atoms with Crippen molar-refractivity contribution in [1.29, 1.82) is 0 Å². The van der Waals surface area contributed by atoms with E-state index in [1.54, 1.807) is 18.2 Å². The number of nitro benzene ring substituents is 1. The lowest BCUT2D eigenvalue weighted by Gasteiger charge is -2.00. The molecule has 0 fully saturated rings. The highest BCUT2D eigenvalue weighted by Crippen LogP contribution is 2.37. The first-order valence-electron chi connectivity index (χ1n) is 4.70. The SMILES string of the molecule is O=C1Nc2cccc3c([N+](=O)[O-])ccc1c23. The highest BCUT2D eigenvalue weighted by Gasteiger charge is 2.25. The number of rotatable bonds is 1. The molecule has 5 nitrogen and oxygen atoms in total. The van der Waals surface area contributed by atoms with E-state index in [2.05, 4.69) is 5.32 Å². The lowest BCUT2D eigenvalue weighted by atomic mass is 10.0. The lowest BCUT2D eigenvalue weighted by Crippen LogP contribution is -2.03. The molecule has 0 saturated heterocycles. The first-order chi connectivity index (χ1) is 7.68. The fourth-order valence-corrected chi connectivity index (χ4v) is 2.03. The van der Waals surface area contributed by atoms with Gasteiger partial charge in [0, 0.05) is 17.1 Å². The highest BCUT2D eigenvalue weighted by atomic mass is 16.6. The lowest BCUT2D eigenvalue weighted by molar-refractivity contribution is -0.383. The quantitative estimate of drug-likeness (QED) is 0.584. The molecule has 0 radical (unpaired) electrons. The molecule has 3 rings (SSSR count). The summed E-state index contributed by atoms with van der Waals surface area (Å²) >= 11 is 0. The van der Waals surface area contributed by atoms with E-state index in [0.717, 1.165) is 0 Å². The van der Waals surface area contributed by atoms with E-state index in [4.69, 9.17) is 0 Å². The van der Waals surface area contributed by atoms with E-state index in [1.165, 1.54) is 12.1 Å². The van der Waals surface area contributed by atoms with Crippen molar-refractivity contribution in [2.45, 2.75) is 0 Å². The zero-order valence-corrected chi connectivity index (χ0v) is 8.06. The van der Waals surface area contributed by atoms with Gasteiger partial charge in [0.15, 0.2) is 0 Å². The third kappa shape index (κ3) is 0.967. The van der Waals surface area contributed by atoms with Gasteiger partial charge in [-0.05, 0) is 18.2 Å². The van der Waals surface area contributed by atoms with Crippen LogP contribution in [-0.2, 0) is 0 Å². The highest BCUT2D eigenvalue weighted by molar-refractivity contribution is 6.25. The van der Waals surface area contributed by atoms with Crippen LogP contribution in [0.4, 0.5) is 11.4 Å². The number of benzene rings is 2. The molecule has 0 unspecified atom stereocenters. The number of nitrogens with zero attached hydrogens (tertiary/aromatic N) is 1. The molecule has 0 aromatic heterocycles. The van der Waals surface area contributed by atoms with Gasteiger partial charge in [-0.1, -0.05) is 6.07 Å². The molecule has 5 heteroatoms. The van der Waals surface area contributed by atoms with Gasteiger partial charge < -0.3 is 5.32 Å². The van der Waals surface area contributed by atoms with E-state index in [9.17, 15) is 14.9 Å². The van der Waals surface area contributed by atoms with Gasteiger partial charge in [-0.15, -0.1) is 0 Å². The minimum Gasteiger partial charge on any atom is -0.321 e. The molecular formula is C11H6N2O3. The van der Waals surface area contributed by atoms with Gasteiger partial charge in [0.25, 0.3) is 11.6 Å². The molecule has 0 spiro atoms. The van der Waals surface area contributed by atoms with Gasteiger partial charge in [0.2, 0.25) is 0 Å². The Morgan fingerprint density at radius 1 is 1.19 bits per heavy atom. The number of carbonyl (C=O) groups is 1. The van der Waals surface area contributed by atoms with Crippen LogP contribution in [0.15, 0.2) is 30.3 Å². The molecule has 1 N–H and O–H groups in total. The molecular weight excluding hydrogens is 208 g/mol. The van der Waals surface area contributed by atoms with Crippen molar-refractivity contribution in [2.24, 2.45) is 0 Å². The number of non-ortho nitro benzene ring substituents is 1. The summed E-state index contributed by atoms with van der Waals surface area (Å²) in [5.41, 5.74) is 1.16. The summed E-state index contributed by atoms with van der Waals surface area (Å²) in [5, 5.41) is 14.7. The van der Waals surface area contributed by atoms with E-state index >= 15 is 0 Å². The van der Waals surface area contributed by atoms with Crippen LogP contribution in [-0.4, -0.2) is 10.8 Å². The Balaban J connectivity index is 2.51. The average Bonchev–Trinajstić information content (AvgIpc) is 2.58. The monoisotopic (exact) mass is 214 g/mol. The van der Waals surface area contributed by atoms with Gasteiger partial charge in [0.1, 0.15) is 0 Å². The second kappa shape index (κ2) is 2.79. The molecule has 1 heterocycles.